The van der Waals surface area contributed by atoms with Crippen molar-refractivity contribution in [2.45, 2.75) is 18.8 Å². The summed E-state index contributed by atoms with van der Waals surface area (Å²) in [6.45, 7) is 3.32. The molecule has 2 rings (SSSR count). The average Bonchev–Trinajstić information content (AvgIpc) is 2.46. The summed E-state index contributed by atoms with van der Waals surface area (Å²) in [5.41, 5.74) is 1.39. The Balaban J connectivity index is 2.16. The molecule has 1 aliphatic heterocycles. The van der Waals surface area contributed by atoms with Crippen LogP contribution in [0.5, 0.6) is 5.75 Å². The van der Waals surface area contributed by atoms with Crippen molar-refractivity contribution in [2.24, 2.45) is 5.92 Å². The first-order valence-corrected chi connectivity index (χ1v) is 6.84. The first kappa shape index (κ1) is 13.4. The first-order chi connectivity index (χ1) is 8.85. The highest BCUT2D eigenvalue weighted by Crippen LogP contribution is 2.30. The van der Waals surface area contributed by atoms with Gasteiger partial charge in [0.15, 0.2) is 0 Å². The Morgan fingerprint density at radius 2 is 2.39 bits per heavy atom. The summed E-state index contributed by atoms with van der Waals surface area (Å²) < 4.78 is 5.33. The molecule has 3 heteroatoms. The molecule has 3 nitrogen and oxygen atoms in total. The minimum atomic E-state index is 0.567. The van der Waals surface area contributed by atoms with Gasteiger partial charge in [0.25, 0.3) is 0 Å². The zero-order valence-electron chi connectivity index (χ0n) is 11.4. The summed E-state index contributed by atoms with van der Waals surface area (Å²) in [6.07, 6.45) is 2.60. The Morgan fingerprint density at radius 1 is 1.50 bits per heavy atom. The number of benzene rings is 1. The van der Waals surface area contributed by atoms with Crippen LogP contribution in [0.1, 0.15) is 24.3 Å². The van der Waals surface area contributed by atoms with Crippen molar-refractivity contribution in [2.75, 3.05) is 33.8 Å². The van der Waals surface area contributed by atoms with Gasteiger partial charge in [0, 0.05) is 12.5 Å². The molecule has 2 unspecified atom stereocenters. The van der Waals surface area contributed by atoms with E-state index in [-0.39, 0.29) is 0 Å². The molecule has 100 valence electrons. The summed E-state index contributed by atoms with van der Waals surface area (Å²) in [4.78, 5) is 0. The molecule has 0 aromatic heterocycles. The summed E-state index contributed by atoms with van der Waals surface area (Å²) in [5, 5.41) is 6.85. The summed E-state index contributed by atoms with van der Waals surface area (Å²) in [5.74, 6) is 2.24. The van der Waals surface area contributed by atoms with Crippen molar-refractivity contribution in [3.63, 3.8) is 0 Å². The van der Waals surface area contributed by atoms with Crippen molar-refractivity contribution >= 4 is 0 Å². The molecule has 0 amide bonds. The van der Waals surface area contributed by atoms with Crippen LogP contribution in [0.3, 0.4) is 0 Å². The van der Waals surface area contributed by atoms with Crippen molar-refractivity contribution in [3.8, 4) is 5.75 Å². The van der Waals surface area contributed by atoms with E-state index < -0.39 is 0 Å². The molecule has 18 heavy (non-hydrogen) atoms. The number of methoxy groups -OCH3 is 1. The number of piperidine rings is 1. The van der Waals surface area contributed by atoms with Gasteiger partial charge < -0.3 is 15.4 Å². The lowest BCUT2D eigenvalue weighted by Gasteiger charge is -2.31. The lowest BCUT2D eigenvalue weighted by Crippen LogP contribution is -2.36. The predicted octanol–water partition coefficient (Wildman–Crippen LogP) is 2.00. The molecule has 1 aromatic carbocycles. The van der Waals surface area contributed by atoms with Gasteiger partial charge in [-0.05, 0) is 56.6 Å². The van der Waals surface area contributed by atoms with Crippen LogP contribution in [-0.2, 0) is 0 Å². The van der Waals surface area contributed by atoms with E-state index in [0.29, 0.717) is 5.92 Å². The number of nitrogens with one attached hydrogen (secondary N) is 2. The van der Waals surface area contributed by atoms with Crippen molar-refractivity contribution in [3.05, 3.63) is 29.8 Å². The standard InChI is InChI=1S/C15H24N2O/c1-16-11-15(13-6-4-8-17-10-13)12-5-3-7-14(9-12)18-2/h3,5,7,9,13,15-17H,4,6,8,10-11H2,1-2H3. The van der Waals surface area contributed by atoms with Crippen LogP contribution in [0.25, 0.3) is 0 Å². The van der Waals surface area contributed by atoms with Gasteiger partial charge >= 0.3 is 0 Å². The molecule has 1 fully saturated rings. The number of ether oxygens (including phenoxy) is 1. The minimum absolute atomic E-state index is 0.567. The van der Waals surface area contributed by atoms with E-state index in [9.17, 15) is 0 Å². The minimum Gasteiger partial charge on any atom is -0.497 e. The van der Waals surface area contributed by atoms with Gasteiger partial charge in [-0.25, -0.2) is 0 Å². The van der Waals surface area contributed by atoms with E-state index in [1.54, 1.807) is 7.11 Å². The number of likely N-dealkylation sites (N-methyl/N-ethyl adjacent to an activating group) is 1. The van der Waals surface area contributed by atoms with E-state index in [1.165, 1.54) is 24.9 Å². The second-order valence-corrected chi connectivity index (χ2v) is 5.05. The molecule has 0 bridgehead atoms. The lowest BCUT2D eigenvalue weighted by molar-refractivity contribution is 0.316. The van der Waals surface area contributed by atoms with Gasteiger partial charge in [0.05, 0.1) is 7.11 Å². The Morgan fingerprint density at radius 3 is 3.06 bits per heavy atom. The van der Waals surface area contributed by atoms with Crippen LogP contribution in [0.2, 0.25) is 0 Å². The molecule has 1 aliphatic rings. The Labute approximate surface area is 110 Å². The number of hydrogen-bond donors (Lipinski definition) is 2. The largest absolute Gasteiger partial charge is 0.497 e. The molecule has 1 saturated heterocycles. The first-order valence-electron chi connectivity index (χ1n) is 6.84. The summed E-state index contributed by atoms with van der Waals surface area (Å²) in [6, 6.07) is 8.50. The fourth-order valence-electron chi connectivity index (χ4n) is 2.87. The fraction of sp³-hybridized carbons (Fsp3) is 0.600. The molecule has 2 atom stereocenters. The van der Waals surface area contributed by atoms with Crippen LogP contribution < -0.4 is 15.4 Å². The zero-order chi connectivity index (χ0) is 12.8. The SMILES string of the molecule is CNCC(c1cccc(OC)c1)C1CCCNC1. The molecule has 1 heterocycles. The Kier molecular flexibility index (Phi) is 5.02. The number of hydrogen-bond acceptors (Lipinski definition) is 3. The van der Waals surface area contributed by atoms with Gasteiger partial charge in [0.2, 0.25) is 0 Å². The quantitative estimate of drug-likeness (QED) is 0.836. The van der Waals surface area contributed by atoms with Crippen molar-refractivity contribution in [1.82, 2.24) is 10.6 Å². The molecule has 0 aliphatic carbocycles. The van der Waals surface area contributed by atoms with Crippen molar-refractivity contribution in [1.29, 1.82) is 0 Å². The second-order valence-electron chi connectivity index (χ2n) is 5.05. The van der Waals surface area contributed by atoms with Gasteiger partial charge in [0.1, 0.15) is 5.75 Å². The number of rotatable bonds is 5. The van der Waals surface area contributed by atoms with E-state index in [4.69, 9.17) is 4.74 Å². The average molecular weight is 248 g/mol. The van der Waals surface area contributed by atoms with Gasteiger partial charge in [-0.3, -0.25) is 0 Å². The molecule has 0 spiro atoms. The van der Waals surface area contributed by atoms with Crippen LogP contribution in [0.4, 0.5) is 0 Å². The van der Waals surface area contributed by atoms with Crippen LogP contribution >= 0.6 is 0 Å². The normalized spacial score (nSPS) is 21.6. The van der Waals surface area contributed by atoms with Crippen LogP contribution in [-0.4, -0.2) is 33.8 Å². The van der Waals surface area contributed by atoms with Gasteiger partial charge in [-0.2, -0.15) is 0 Å². The van der Waals surface area contributed by atoms with E-state index in [0.717, 1.165) is 24.8 Å². The second kappa shape index (κ2) is 6.76. The highest BCUT2D eigenvalue weighted by molar-refractivity contribution is 5.31. The van der Waals surface area contributed by atoms with Gasteiger partial charge in [-0.15, -0.1) is 0 Å². The van der Waals surface area contributed by atoms with Gasteiger partial charge in [-0.1, -0.05) is 12.1 Å². The molecule has 0 saturated carbocycles. The smallest absolute Gasteiger partial charge is 0.119 e. The summed E-state index contributed by atoms with van der Waals surface area (Å²) >= 11 is 0. The molecule has 2 N–H and O–H groups in total. The van der Waals surface area contributed by atoms with Crippen LogP contribution in [0, 0.1) is 5.92 Å². The molecule has 1 aromatic rings. The maximum atomic E-state index is 5.33. The predicted molar refractivity (Wildman–Crippen MR) is 75.3 cm³/mol. The monoisotopic (exact) mass is 248 g/mol. The Hall–Kier alpha value is -1.06. The maximum Gasteiger partial charge on any atom is 0.119 e. The Bertz CT molecular complexity index is 361. The summed E-state index contributed by atoms with van der Waals surface area (Å²) in [7, 11) is 3.76. The third-order valence-electron chi connectivity index (χ3n) is 3.85. The third-order valence-corrected chi connectivity index (χ3v) is 3.85. The third kappa shape index (κ3) is 3.24. The maximum absolute atomic E-state index is 5.33. The highest BCUT2D eigenvalue weighted by atomic mass is 16.5. The molecular formula is C15H24N2O. The zero-order valence-corrected chi connectivity index (χ0v) is 11.4. The van der Waals surface area contributed by atoms with E-state index in [2.05, 4.69) is 28.8 Å². The topological polar surface area (TPSA) is 33.3 Å². The highest BCUT2D eigenvalue weighted by Gasteiger charge is 2.24. The molecule has 0 radical (unpaired) electrons. The van der Waals surface area contributed by atoms with E-state index >= 15 is 0 Å². The van der Waals surface area contributed by atoms with E-state index in [1.807, 2.05) is 13.1 Å². The van der Waals surface area contributed by atoms with Crippen molar-refractivity contribution < 1.29 is 4.74 Å². The van der Waals surface area contributed by atoms with Crippen LogP contribution in [0.15, 0.2) is 24.3 Å². The molecular weight excluding hydrogens is 224 g/mol. The fourth-order valence-corrected chi connectivity index (χ4v) is 2.87. The lowest BCUT2D eigenvalue weighted by atomic mass is 9.81.